The zero-order valence-electron chi connectivity index (χ0n) is 6.25. The maximum absolute atomic E-state index is 10.5. The first-order chi connectivity index (χ1) is 5.08. The summed E-state index contributed by atoms with van der Waals surface area (Å²) >= 11 is 0. The van der Waals surface area contributed by atoms with Gasteiger partial charge in [0.1, 0.15) is 0 Å². The molecule has 0 radical (unpaired) electrons. The van der Waals surface area contributed by atoms with E-state index >= 15 is 0 Å². The molecule has 0 aliphatic heterocycles. The Hall–Kier alpha value is -0.340. The first-order valence-corrected chi connectivity index (χ1v) is 4.96. The summed E-state index contributed by atoms with van der Waals surface area (Å²) in [5.74, 6) is 0. The van der Waals surface area contributed by atoms with Gasteiger partial charge in [-0.15, -0.1) is 12.4 Å². The van der Waals surface area contributed by atoms with Crippen LogP contribution in [-0.2, 0) is 10.7 Å². The molecule has 0 bridgehead atoms. The van der Waals surface area contributed by atoms with Crippen molar-refractivity contribution >= 4 is 20.0 Å². The largest absolute Gasteiger partial charge is 0.329 e. The summed E-state index contributed by atoms with van der Waals surface area (Å²) in [6.45, 7) is 0. The zero-order valence-corrected chi connectivity index (χ0v) is 7.96. The maximum Gasteiger partial charge on any atom is 0.329 e. The lowest BCUT2D eigenvalue weighted by Gasteiger charge is -2.01. The van der Waals surface area contributed by atoms with Crippen LogP contribution in [0.25, 0.3) is 0 Å². The van der Waals surface area contributed by atoms with E-state index in [1.54, 1.807) is 24.3 Å². The van der Waals surface area contributed by atoms with Gasteiger partial charge < -0.3 is 9.79 Å². The summed E-state index contributed by atoms with van der Waals surface area (Å²) in [5.41, 5.74) is 0.667. The SMILES string of the molecule is Cl.O=P(O)(O)Cc1ccccc1. The molecule has 1 rings (SSSR count). The molecule has 0 spiro atoms. The number of hydrogen-bond donors (Lipinski definition) is 2. The van der Waals surface area contributed by atoms with Crippen molar-refractivity contribution < 1.29 is 14.4 Å². The first kappa shape index (κ1) is 11.7. The van der Waals surface area contributed by atoms with E-state index in [0.29, 0.717) is 5.56 Å². The fourth-order valence-corrected chi connectivity index (χ4v) is 1.51. The molecule has 0 aromatic heterocycles. The summed E-state index contributed by atoms with van der Waals surface area (Å²) in [4.78, 5) is 17.2. The molecule has 0 fully saturated rings. The van der Waals surface area contributed by atoms with Crippen molar-refractivity contribution in [2.75, 3.05) is 0 Å². The molecule has 0 saturated heterocycles. The van der Waals surface area contributed by atoms with Gasteiger partial charge in [0.25, 0.3) is 0 Å². The lowest BCUT2D eigenvalue weighted by molar-refractivity contribution is 0.372. The van der Waals surface area contributed by atoms with Crippen LogP contribution in [-0.4, -0.2) is 9.79 Å². The molecule has 12 heavy (non-hydrogen) atoms. The summed E-state index contributed by atoms with van der Waals surface area (Å²) in [7, 11) is -3.89. The third-order valence-corrected chi connectivity index (χ3v) is 2.01. The van der Waals surface area contributed by atoms with Crippen LogP contribution >= 0.6 is 20.0 Å². The Kier molecular flexibility index (Phi) is 4.50. The minimum absolute atomic E-state index is 0. The molecule has 0 heterocycles. The van der Waals surface area contributed by atoms with Crippen molar-refractivity contribution in [1.29, 1.82) is 0 Å². The van der Waals surface area contributed by atoms with Crippen LogP contribution in [0.2, 0.25) is 0 Å². The molecular formula is C7H10ClO3P. The lowest BCUT2D eigenvalue weighted by atomic mass is 10.2. The molecule has 0 amide bonds. The van der Waals surface area contributed by atoms with Crippen molar-refractivity contribution in [3.63, 3.8) is 0 Å². The van der Waals surface area contributed by atoms with Crippen molar-refractivity contribution in [3.8, 4) is 0 Å². The van der Waals surface area contributed by atoms with E-state index in [-0.39, 0.29) is 18.6 Å². The third kappa shape index (κ3) is 4.52. The van der Waals surface area contributed by atoms with Gasteiger partial charge in [-0.25, -0.2) is 0 Å². The highest BCUT2D eigenvalue weighted by Gasteiger charge is 2.12. The molecule has 0 aliphatic rings. The molecule has 2 N–H and O–H groups in total. The lowest BCUT2D eigenvalue weighted by Crippen LogP contribution is -1.84. The molecular weight excluding hydrogens is 199 g/mol. The van der Waals surface area contributed by atoms with Crippen LogP contribution < -0.4 is 0 Å². The molecule has 3 nitrogen and oxygen atoms in total. The van der Waals surface area contributed by atoms with Gasteiger partial charge in [-0.3, -0.25) is 4.57 Å². The molecule has 0 saturated carbocycles. The average molecular weight is 209 g/mol. The average Bonchev–Trinajstić information content (AvgIpc) is 1.85. The van der Waals surface area contributed by atoms with Crippen LogP contribution in [0.5, 0.6) is 0 Å². The third-order valence-electron chi connectivity index (χ3n) is 1.23. The summed E-state index contributed by atoms with van der Waals surface area (Å²) in [6.07, 6.45) is -0.173. The van der Waals surface area contributed by atoms with Gasteiger partial charge in [0, 0.05) is 0 Å². The predicted molar refractivity (Wildman–Crippen MR) is 49.4 cm³/mol. The molecule has 0 unspecified atom stereocenters. The van der Waals surface area contributed by atoms with Crippen molar-refractivity contribution in [3.05, 3.63) is 35.9 Å². The fraction of sp³-hybridized carbons (Fsp3) is 0.143. The highest BCUT2D eigenvalue weighted by atomic mass is 35.5. The minimum Gasteiger partial charge on any atom is -0.324 e. The van der Waals surface area contributed by atoms with E-state index < -0.39 is 7.60 Å². The predicted octanol–water partition coefficient (Wildman–Crippen LogP) is 1.79. The maximum atomic E-state index is 10.5. The van der Waals surface area contributed by atoms with E-state index in [9.17, 15) is 4.57 Å². The Labute approximate surface area is 77.0 Å². The van der Waals surface area contributed by atoms with Crippen molar-refractivity contribution in [2.45, 2.75) is 6.16 Å². The van der Waals surface area contributed by atoms with Crippen molar-refractivity contribution in [2.24, 2.45) is 0 Å². The Morgan fingerprint density at radius 1 is 1.17 bits per heavy atom. The van der Waals surface area contributed by atoms with E-state index in [0.717, 1.165) is 0 Å². The van der Waals surface area contributed by atoms with Crippen LogP contribution in [0.1, 0.15) is 5.56 Å². The van der Waals surface area contributed by atoms with Crippen LogP contribution in [0.4, 0.5) is 0 Å². The van der Waals surface area contributed by atoms with Gasteiger partial charge in [-0.1, -0.05) is 30.3 Å². The first-order valence-electron chi connectivity index (χ1n) is 3.16. The Morgan fingerprint density at radius 2 is 1.67 bits per heavy atom. The molecule has 1 aromatic rings. The highest BCUT2D eigenvalue weighted by Crippen LogP contribution is 2.38. The van der Waals surface area contributed by atoms with Gasteiger partial charge in [-0.2, -0.15) is 0 Å². The molecule has 68 valence electrons. The topological polar surface area (TPSA) is 57.5 Å². The minimum atomic E-state index is -3.89. The number of rotatable bonds is 2. The summed E-state index contributed by atoms with van der Waals surface area (Å²) in [6, 6.07) is 8.71. The quantitative estimate of drug-likeness (QED) is 0.729. The van der Waals surface area contributed by atoms with Crippen LogP contribution in [0.3, 0.4) is 0 Å². The Morgan fingerprint density at radius 3 is 2.08 bits per heavy atom. The molecule has 5 heteroatoms. The Balaban J connectivity index is 0.00000121. The summed E-state index contributed by atoms with van der Waals surface area (Å²) in [5, 5.41) is 0. The van der Waals surface area contributed by atoms with Gasteiger partial charge in [0.15, 0.2) is 0 Å². The smallest absolute Gasteiger partial charge is 0.324 e. The van der Waals surface area contributed by atoms with Crippen LogP contribution in [0, 0.1) is 0 Å². The monoisotopic (exact) mass is 208 g/mol. The summed E-state index contributed by atoms with van der Waals surface area (Å²) < 4.78 is 10.5. The number of halogens is 1. The Bertz CT molecular complexity index is 269. The normalized spacial score (nSPS) is 10.5. The van der Waals surface area contributed by atoms with E-state index in [4.69, 9.17) is 9.79 Å². The van der Waals surface area contributed by atoms with Gasteiger partial charge in [0.05, 0.1) is 6.16 Å². The van der Waals surface area contributed by atoms with E-state index in [1.807, 2.05) is 6.07 Å². The number of hydrogen-bond acceptors (Lipinski definition) is 1. The molecule has 0 aliphatic carbocycles. The van der Waals surface area contributed by atoms with Gasteiger partial charge in [-0.05, 0) is 5.56 Å². The zero-order chi connectivity index (χ0) is 8.32. The molecule has 0 atom stereocenters. The molecule has 1 aromatic carbocycles. The van der Waals surface area contributed by atoms with Gasteiger partial charge in [0.2, 0.25) is 0 Å². The van der Waals surface area contributed by atoms with E-state index in [1.165, 1.54) is 0 Å². The second-order valence-electron chi connectivity index (χ2n) is 2.31. The number of benzene rings is 1. The van der Waals surface area contributed by atoms with Crippen molar-refractivity contribution in [1.82, 2.24) is 0 Å². The fourth-order valence-electron chi connectivity index (χ4n) is 0.821. The second-order valence-corrected chi connectivity index (χ2v) is 3.95. The van der Waals surface area contributed by atoms with E-state index in [2.05, 4.69) is 0 Å². The highest BCUT2D eigenvalue weighted by molar-refractivity contribution is 7.50. The van der Waals surface area contributed by atoms with Gasteiger partial charge >= 0.3 is 7.60 Å². The van der Waals surface area contributed by atoms with Crippen LogP contribution in [0.15, 0.2) is 30.3 Å². The standard InChI is InChI=1S/C7H9O3P.ClH/c8-11(9,10)6-7-4-2-1-3-5-7;/h1-5H,6H2,(H2,8,9,10);1H. The second kappa shape index (κ2) is 4.63.